The summed E-state index contributed by atoms with van der Waals surface area (Å²) in [5, 5.41) is 12.6. The summed E-state index contributed by atoms with van der Waals surface area (Å²) >= 11 is 0. The maximum absolute atomic E-state index is 9.56. The number of rotatable bonds is 6. The molecule has 1 atom stereocenters. The molecule has 0 spiro atoms. The maximum Gasteiger partial charge on any atom is 0.227 e. The fourth-order valence-electron chi connectivity index (χ4n) is 2.21. The molecular formula is C18H20N2O3. The van der Waals surface area contributed by atoms with Crippen molar-refractivity contribution >= 4 is 16.8 Å². The molecule has 0 aliphatic carbocycles. The molecule has 3 aromatic rings. The molecule has 23 heavy (non-hydrogen) atoms. The number of benzene rings is 2. The number of oxazole rings is 1. The van der Waals surface area contributed by atoms with Crippen molar-refractivity contribution in [1.29, 1.82) is 0 Å². The number of fused-ring (bicyclic) bond motifs is 1. The molecular weight excluding hydrogens is 292 g/mol. The average Bonchev–Trinajstić information content (AvgIpc) is 3.03. The second-order valence-electron chi connectivity index (χ2n) is 5.35. The van der Waals surface area contributed by atoms with Crippen molar-refractivity contribution in [2.24, 2.45) is 0 Å². The predicted octanol–water partition coefficient (Wildman–Crippen LogP) is 3.69. The minimum absolute atomic E-state index is 0.276. The summed E-state index contributed by atoms with van der Waals surface area (Å²) < 4.78 is 11.4. The van der Waals surface area contributed by atoms with E-state index in [-0.39, 0.29) is 6.61 Å². The number of ether oxygens (including phenoxy) is 1. The van der Waals surface area contributed by atoms with E-state index in [2.05, 4.69) is 10.3 Å². The number of hydrogen-bond acceptors (Lipinski definition) is 5. The van der Waals surface area contributed by atoms with Crippen LogP contribution in [0.3, 0.4) is 0 Å². The lowest BCUT2D eigenvalue weighted by atomic mass is 10.2. The molecule has 0 radical (unpaired) electrons. The van der Waals surface area contributed by atoms with Crippen LogP contribution in [0.2, 0.25) is 0 Å². The number of hydrogen-bond donors (Lipinski definition) is 2. The van der Waals surface area contributed by atoms with Gasteiger partial charge in [0.25, 0.3) is 0 Å². The Morgan fingerprint density at radius 2 is 2.00 bits per heavy atom. The van der Waals surface area contributed by atoms with Gasteiger partial charge >= 0.3 is 0 Å². The highest BCUT2D eigenvalue weighted by atomic mass is 16.5. The van der Waals surface area contributed by atoms with Crippen LogP contribution < -0.4 is 10.1 Å². The third-order valence-electron chi connectivity index (χ3n) is 3.69. The van der Waals surface area contributed by atoms with Gasteiger partial charge in [0.15, 0.2) is 5.58 Å². The molecule has 0 unspecified atom stereocenters. The van der Waals surface area contributed by atoms with Crippen LogP contribution in [-0.2, 0) is 0 Å². The van der Waals surface area contributed by atoms with E-state index in [1.54, 1.807) is 0 Å². The summed E-state index contributed by atoms with van der Waals surface area (Å²) in [7, 11) is 1.88. The van der Waals surface area contributed by atoms with Crippen LogP contribution in [0.4, 0.5) is 5.69 Å². The van der Waals surface area contributed by atoms with Crippen molar-refractivity contribution in [1.82, 2.24) is 4.98 Å². The van der Waals surface area contributed by atoms with Gasteiger partial charge in [-0.25, -0.2) is 4.98 Å². The summed E-state index contributed by atoms with van der Waals surface area (Å²) in [5.74, 6) is 1.25. The topological polar surface area (TPSA) is 67.5 Å². The molecule has 3 rings (SSSR count). The first-order valence-electron chi connectivity index (χ1n) is 7.69. The van der Waals surface area contributed by atoms with Gasteiger partial charge in [0.1, 0.15) is 17.9 Å². The van der Waals surface area contributed by atoms with Crippen molar-refractivity contribution in [3.05, 3.63) is 42.5 Å². The molecule has 0 bridgehead atoms. The first-order chi connectivity index (χ1) is 11.2. The van der Waals surface area contributed by atoms with Crippen molar-refractivity contribution in [3.8, 4) is 17.2 Å². The summed E-state index contributed by atoms with van der Waals surface area (Å²) in [6.07, 6.45) is 0.211. The van der Waals surface area contributed by atoms with Crippen LogP contribution in [0.5, 0.6) is 5.75 Å². The SMILES string of the molecule is CC[C@H](O)COc1ccc2oc(-c3ccc(NC)cc3)nc2c1. The molecule has 5 heteroatoms. The van der Waals surface area contributed by atoms with Crippen molar-refractivity contribution in [2.45, 2.75) is 19.4 Å². The normalized spacial score (nSPS) is 12.3. The van der Waals surface area contributed by atoms with E-state index in [1.165, 1.54) is 0 Å². The summed E-state index contributed by atoms with van der Waals surface area (Å²) in [6.45, 7) is 2.19. The standard InChI is InChI=1S/C18H20N2O3/c1-3-14(21)11-22-15-8-9-17-16(10-15)20-18(23-17)12-4-6-13(19-2)7-5-12/h4-10,14,19,21H,3,11H2,1-2H3/t14-/m0/s1. The Morgan fingerprint density at radius 3 is 2.70 bits per heavy atom. The Hall–Kier alpha value is -2.53. The van der Waals surface area contributed by atoms with Gasteiger partial charge in [-0.1, -0.05) is 6.92 Å². The molecule has 0 aliphatic heterocycles. The van der Waals surface area contributed by atoms with E-state index in [1.807, 2.05) is 56.4 Å². The monoisotopic (exact) mass is 312 g/mol. The molecule has 1 heterocycles. The first-order valence-corrected chi connectivity index (χ1v) is 7.69. The molecule has 120 valence electrons. The maximum atomic E-state index is 9.56. The lowest BCUT2D eigenvalue weighted by Gasteiger charge is -2.09. The first kappa shape index (κ1) is 15.4. The molecule has 0 amide bonds. The lowest BCUT2D eigenvalue weighted by molar-refractivity contribution is 0.104. The number of aromatic nitrogens is 1. The number of nitrogens with one attached hydrogen (secondary N) is 1. The van der Waals surface area contributed by atoms with Gasteiger partial charge in [0, 0.05) is 24.4 Å². The van der Waals surface area contributed by atoms with E-state index in [4.69, 9.17) is 9.15 Å². The summed E-state index contributed by atoms with van der Waals surface area (Å²) in [5.41, 5.74) is 3.40. The molecule has 2 aromatic carbocycles. The van der Waals surface area contributed by atoms with Crippen LogP contribution in [-0.4, -0.2) is 29.8 Å². The highest BCUT2D eigenvalue weighted by Crippen LogP contribution is 2.27. The molecule has 0 aliphatic rings. The molecule has 2 N–H and O–H groups in total. The van der Waals surface area contributed by atoms with Crippen LogP contribution in [0, 0.1) is 0 Å². The molecule has 0 saturated carbocycles. The Kier molecular flexibility index (Phi) is 4.48. The Morgan fingerprint density at radius 1 is 1.22 bits per heavy atom. The number of aliphatic hydroxyl groups is 1. The van der Waals surface area contributed by atoms with Crippen LogP contribution in [0.15, 0.2) is 46.9 Å². The quantitative estimate of drug-likeness (QED) is 0.726. The molecule has 0 fully saturated rings. The highest BCUT2D eigenvalue weighted by molar-refractivity contribution is 5.78. The molecule has 1 aromatic heterocycles. The fraction of sp³-hybridized carbons (Fsp3) is 0.278. The number of aliphatic hydroxyl groups excluding tert-OH is 1. The van der Waals surface area contributed by atoms with Gasteiger partial charge in [-0.05, 0) is 42.8 Å². The van der Waals surface area contributed by atoms with Gasteiger partial charge in [-0.15, -0.1) is 0 Å². The van der Waals surface area contributed by atoms with Crippen LogP contribution in [0.1, 0.15) is 13.3 Å². The smallest absolute Gasteiger partial charge is 0.227 e. The minimum Gasteiger partial charge on any atom is -0.491 e. The number of nitrogens with zero attached hydrogens (tertiary/aromatic N) is 1. The zero-order valence-corrected chi connectivity index (χ0v) is 13.2. The Balaban J connectivity index is 1.83. The van der Waals surface area contributed by atoms with Crippen molar-refractivity contribution < 1.29 is 14.3 Å². The second-order valence-corrected chi connectivity index (χ2v) is 5.35. The van der Waals surface area contributed by atoms with Gasteiger partial charge in [0.05, 0.1) is 6.10 Å². The van der Waals surface area contributed by atoms with Gasteiger partial charge < -0.3 is 19.6 Å². The second kappa shape index (κ2) is 6.71. The fourth-order valence-corrected chi connectivity index (χ4v) is 2.21. The van der Waals surface area contributed by atoms with E-state index >= 15 is 0 Å². The Labute approximate surface area is 134 Å². The Bertz CT molecular complexity index is 781. The van der Waals surface area contributed by atoms with Gasteiger partial charge in [-0.2, -0.15) is 0 Å². The minimum atomic E-state index is -0.454. The van der Waals surface area contributed by atoms with Crippen molar-refractivity contribution in [2.75, 3.05) is 19.0 Å². The van der Waals surface area contributed by atoms with Gasteiger partial charge in [0.2, 0.25) is 5.89 Å². The zero-order valence-electron chi connectivity index (χ0n) is 13.2. The largest absolute Gasteiger partial charge is 0.491 e. The van der Waals surface area contributed by atoms with E-state index in [0.29, 0.717) is 23.6 Å². The third kappa shape index (κ3) is 3.46. The average molecular weight is 312 g/mol. The van der Waals surface area contributed by atoms with E-state index in [0.717, 1.165) is 16.8 Å². The molecule has 0 saturated heterocycles. The lowest BCUT2D eigenvalue weighted by Crippen LogP contribution is -2.15. The van der Waals surface area contributed by atoms with Crippen LogP contribution in [0.25, 0.3) is 22.6 Å². The van der Waals surface area contributed by atoms with Gasteiger partial charge in [-0.3, -0.25) is 0 Å². The summed E-state index contributed by atoms with van der Waals surface area (Å²) in [4.78, 5) is 4.52. The van der Waals surface area contributed by atoms with E-state index in [9.17, 15) is 5.11 Å². The number of anilines is 1. The molecule has 5 nitrogen and oxygen atoms in total. The predicted molar refractivity (Wildman–Crippen MR) is 90.8 cm³/mol. The summed E-state index contributed by atoms with van der Waals surface area (Å²) in [6, 6.07) is 13.4. The van der Waals surface area contributed by atoms with Crippen molar-refractivity contribution in [3.63, 3.8) is 0 Å². The van der Waals surface area contributed by atoms with Crippen LogP contribution >= 0.6 is 0 Å². The third-order valence-corrected chi connectivity index (χ3v) is 3.69. The highest BCUT2D eigenvalue weighted by Gasteiger charge is 2.10. The van der Waals surface area contributed by atoms with E-state index < -0.39 is 6.10 Å². The zero-order chi connectivity index (χ0) is 16.2.